The maximum atomic E-state index is 13.8. The molecule has 44 heavy (non-hydrogen) atoms. The highest BCUT2D eigenvalue weighted by atomic mass is 16.6. The van der Waals surface area contributed by atoms with Crippen molar-refractivity contribution in [3.8, 4) is 11.5 Å². The number of fused-ring (bicyclic) bond motifs is 1. The van der Waals surface area contributed by atoms with Gasteiger partial charge in [-0.25, -0.2) is 4.90 Å². The van der Waals surface area contributed by atoms with Gasteiger partial charge in [-0.1, -0.05) is 54.1 Å². The van der Waals surface area contributed by atoms with Crippen molar-refractivity contribution < 1.29 is 34.6 Å². The Balaban J connectivity index is 1.46. The fourth-order valence-corrected chi connectivity index (χ4v) is 6.25. The molecule has 2 amide bonds. The van der Waals surface area contributed by atoms with Gasteiger partial charge >= 0.3 is 0 Å². The van der Waals surface area contributed by atoms with E-state index >= 15 is 0 Å². The van der Waals surface area contributed by atoms with Crippen LogP contribution < -0.4 is 9.64 Å². The van der Waals surface area contributed by atoms with Crippen LogP contribution in [0.3, 0.4) is 0 Å². The highest BCUT2D eigenvalue weighted by Gasteiger charge is 2.55. The first kappa shape index (κ1) is 30.7. The molecule has 0 spiro atoms. The quantitative estimate of drug-likeness (QED) is 0.120. The largest absolute Gasteiger partial charge is 0.507 e. The lowest BCUT2D eigenvalue weighted by atomic mass is 9.68. The summed E-state index contributed by atoms with van der Waals surface area (Å²) in [6.45, 7) is 1.45. The molecule has 1 saturated heterocycles. The number of nitro benzene ring substituents is 1. The maximum absolute atomic E-state index is 13.8. The molecule has 228 valence electrons. The number of aliphatic hydroxyl groups is 2. The minimum atomic E-state index is -1.05. The second kappa shape index (κ2) is 13.2. The highest BCUT2D eigenvalue weighted by Crippen LogP contribution is 2.47. The Morgan fingerprint density at radius 3 is 2.50 bits per heavy atom. The number of allylic oxidation sites excluding steroid dienone is 1. The summed E-state index contributed by atoms with van der Waals surface area (Å²) in [5, 5.41) is 43.7. The van der Waals surface area contributed by atoms with Crippen molar-refractivity contribution in [2.24, 2.45) is 17.8 Å². The van der Waals surface area contributed by atoms with E-state index in [0.717, 1.165) is 10.5 Å². The lowest BCUT2D eigenvalue weighted by Crippen LogP contribution is -2.40. The lowest BCUT2D eigenvalue weighted by molar-refractivity contribution is -0.384. The zero-order chi connectivity index (χ0) is 31.4. The summed E-state index contributed by atoms with van der Waals surface area (Å²) in [6, 6.07) is 21.3. The minimum Gasteiger partial charge on any atom is -0.507 e. The number of non-ortho nitro benzene ring substituents is 1. The smallest absolute Gasteiger partial charge is 0.271 e. The Bertz CT molecular complexity index is 1620. The summed E-state index contributed by atoms with van der Waals surface area (Å²) in [7, 11) is 0. The van der Waals surface area contributed by atoms with Crippen molar-refractivity contribution in [2.45, 2.75) is 32.3 Å². The van der Waals surface area contributed by atoms with Gasteiger partial charge in [0.05, 0.1) is 35.2 Å². The molecule has 0 aromatic heterocycles. The van der Waals surface area contributed by atoms with E-state index in [0.29, 0.717) is 28.9 Å². The summed E-state index contributed by atoms with van der Waals surface area (Å²) in [5.41, 5.74) is 2.50. The van der Waals surface area contributed by atoms with Crippen molar-refractivity contribution >= 4 is 29.3 Å². The van der Waals surface area contributed by atoms with E-state index in [9.17, 15) is 35.0 Å². The number of para-hydroxylation sites is 2. The van der Waals surface area contributed by atoms with Crippen molar-refractivity contribution in [1.82, 2.24) is 0 Å². The number of aromatic hydroxyl groups is 1. The van der Waals surface area contributed by atoms with E-state index in [4.69, 9.17) is 4.74 Å². The normalized spacial score (nSPS) is 20.9. The molecule has 4 atom stereocenters. The van der Waals surface area contributed by atoms with Crippen LogP contribution in [0.5, 0.6) is 11.5 Å². The molecule has 1 fully saturated rings. The predicted octanol–water partition coefficient (Wildman–Crippen LogP) is 5.04. The second-order valence-corrected chi connectivity index (χ2v) is 11.2. The topological polar surface area (TPSA) is 150 Å². The van der Waals surface area contributed by atoms with Gasteiger partial charge in [-0.3, -0.25) is 19.7 Å². The number of phenolic OH excluding ortho intramolecular Hbond substituents is 1. The lowest BCUT2D eigenvalue weighted by Gasteiger charge is -2.36. The van der Waals surface area contributed by atoms with E-state index in [-0.39, 0.29) is 36.6 Å². The number of amides is 2. The van der Waals surface area contributed by atoms with Gasteiger partial charge < -0.3 is 20.1 Å². The SMILES string of the molecule is C/C(=C\c1ccccc1O)CC[C@@H](O)C1=C(COc2ccccc2)C[C@H]2C(=O)N(c3cccc([N+](=O)[O-])c3)C(=O)[C@H]2[C@H]1CO. The van der Waals surface area contributed by atoms with Crippen molar-refractivity contribution in [3.05, 3.63) is 111 Å². The average molecular weight is 599 g/mol. The molecule has 3 aromatic rings. The average Bonchev–Trinajstić information content (AvgIpc) is 3.28. The Morgan fingerprint density at radius 1 is 1.07 bits per heavy atom. The first-order valence-corrected chi connectivity index (χ1v) is 14.5. The van der Waals surface area contributed by atoms with Crippen LogP contribution >= 0.6 is 0 Å². The fourth-order valence-electron chi connectivity index (χ4n) is 6.25. The molecule has 0 radical (unpaired) electrons. The van der Waals surface area contributed by atoms with Crippen molar-refractivity contribution in [3.63, 3.8) is 0 Å². The molecule has 3 N–H and O–H groups in total. The summed E-state index contributed by atoms with van der Waals surface area (Å²) >= 11 is 0. The fraction of sp³-hybridized carbons (Fsp3) is 0.294. The number of carbonyl (C=O) groups is 2. The van der Waals surface area contributed by atoms with Gasteiger partial charge in [0.15, 0.2) is 0 Å². The third kappa shape index (κ3) is 6.27. The number of benzene rings is 3. The summed E-state index contributed by atoms with van der Waals surface area (Å²) in [5.74, 6) is -2.98. The predicted molar refractivity (Wildman–Crippen MR) is 164 cm³/mol. The van der Waals surface area contributed by atoms with Crippen LogP contribution in [0.2, 0.25) is 0 Å². The summed E-state index contributed by atoms with van der Waals surface area (Å²) in [6.07, 6.45) is 1.65. The Hall–Kier alpha value is -4.80. The van der Waals surface area contributed by atoms with E-state index in [1.54, 1.807) is 30.3 Å². The van der Waals surface area contributed by atoms with Crippen LogP contribution in [0.15, 0.2) is 95.6 Å². The van der Waals surface area contributed by atoms with E-state index in [1.165, 1.54) is 24.3 Å². The Labute approximate surface area is 254 Å². The Morgan fingerprint density at radius 2 is 1.80 bits per heavy atom. The van der Waals surface area contributed by atoms with Crippen molar-refractivity contribution in [2.75, 3.05) is 18.1 Å². The number of nitro groups is 1. The second-order valence-electron chi connectivity index (χ2n) is 11.2. The van der Waals surface area contributed by atoms with Crippen LogP contribution in [-0.4, -0.2) is 51.4 Å². The van der Waals surface area contributed by atoms with Crippen LogP contribution in [0.1, 0.15) is 31.7 Å². The molecule has 2 aliphatic rings. The third-order valence-corrected chi connectivity index (χ3v) is 8.35. The van der Waals surface area contributed by atoms with E-state index in [2.05, 4.69) is 0 Å². The molecule has 5 rings (SSSR count). The molecule has 0 saturated carbocycles. The molecule has 3 aromatic carbocycles. The van der Waals surface area contributed by atoms with Crippen LogP contribution in [0.25, 0.3) is 6.08 Å². The Kier molecular flexibility index (Phi) is 9.22. The van der Waals surface area contributed by atoms with Gasteiger partial charge in [0.1, 0.15) is 18.1 Å². The number of ether oxygens (including phenoxy) is 1. The molecular formula is C34H34N2O8. The van der Waals surface area contributed by atoms with Crippen LogP contribution in [-0.2, 0) is 9.59 Å². The van der Waals surface area contributed by atoms with E-state index in [1.807, 2.05) is 37.3 Å². The molecule has 1 aliphatic carbocycles. The number of phenols is 1. The van der Waals surface area contributed by atoms with Gasteiger partial charge in [0, 0.05) is 23.6 Å². The minimum absolute atomic E-state index is 0.0428. The van der Waals surface area contributed by atoms with Gasteiger partial charge in [0.25, 0.3) is 5.69 Å². The zero-order valence-corrected chi connectivity index (χ0v) is 24.2. The number of carbonyl (C=O) groups excluding carboxylic acids is 2. The first-order valence-electron chi connectivity index (χ1n) is 14.5. The molecule has 1 heterocycles. The number of rotatable bonds is 11. The summed E-state index contributed by atoms with van der Waals surface area (Å²) < 4.78 is 6.03. The van der Waals surface area contributed by atoms with Crippen molar-refractivity contribution in [1.29, 1.82) is 0 Å². The van der Waals surface area contributed by atoms with Gasteiger partial charge in [0.2, 0.25) is 11.8 Å². The zero-order valence-electron chi connectivity index (χ0n) is 24.2. The molecule has 10 heteroatoms. The van der Waals surface area contributed by atoms with Gasteiger partial charge in [-0.05, 0) is 61.6 Å². The monoisotopic (exact) mass is 598 g/mol. The number of hydrogen-bond donors (Lipinski definition) is 3. The number of aliphatic hydroxyl groups excluding tert-OH is 2. The van der Waals surface area contributed by atoms with Gasteiger partial charge in [-0.15, -0.1) is 0 Å². The molecule has 0 unspecified atom stereocenters. The maximum Gasteiger partial charge on any atom is 0.271 e. The van der Waals surface area contributed by atoms with Crippen LogP contribution in [0.4, 0.5) is 11.4 Å². The molecule has 10 nitrogen and oxygen atoms in total. The molecular weight excluding hydrogens is 564 g/mol. The number of imide groups is 1. The number of nitrogens with zero attached hydrogens (tertiary/aromatic N) is 2. The van der Waals surface area contributed by atoms with Gasteiger partial charge in [-0.2, -0.15) is 0 Å². The number of anilines is 1. The number of hydrogen-bond acceptors (Lipinski definition) is 8. The molecule has 1 aliphatic heterocycles. The summed E-state index contributed by atoms with van der Waals surface area (Å²) in [4.78, 5) is 39.3. The third-order valence-electron chi connectivity index (χ3n) is 8.35. The van der Waals surface area contributed by atoms with E-state index < -0.39 is 47.2 Å². The highest BCUT2D eigenvalue weighted by molar-refractivity contribution is 6.22. The molecule has 0 bridgehead atoms. The standard InChI is InChI=1S/C34H34N2O8/c1-21(16-22-8-5-6-13-29(22)38)14-15-30(39)31-23(20-44-26-11-3-2-4-12-26)17-27-32(28(31)19-37)34(41)35(33(27)40)24-9-7-10-25(18-24)36(42)43/h2-13,16,18,27-28,30,32,37-39H,14-15,17,19-20H2,1H3/b21-16+/t27-,28+,30-,32-/m1/s1. The first-order chi connectivity index (χ1) is 21.2. The van der Waals surface area contributed by atoms with Crippen LogP contribution in [0, 0.1) is 27.9 Å².